The number of rotatable bonds is 3. The second-order valence-corrected chi connectivity index (χ2v) is 8.45. The second-order valence-electron chi connectivity index (χ2n) is 8.45. The van der Waals surface area contributed by atoms with Gasteiger partial charge in [0.1, 0.15) is 0 Å². The summed E-state index contributed by atoms with van der Waals surface area (Å²) in [5.74, 6) is 0. The van der Waals surface area contributed by atoms with Gasteiger partial charge < -0.3 is 0 Å². The van der Waals surface area contributed by atoms with Crippen molar-refractivity contribution in [3.63, 3.8) is 0 Å². The van der Waals surface area contributed by atoms with Crippen molar-refractivity contribution in [1.82, 2.24) is 4.98 Å². The van der Waals surface area contributed by atoms with E-state index >= 15 is 0 Å². The van der Waals surface area contributed by atoms with E-state index in [2.05, 4.69) is 102 Å². The van der Waals surface area contributed by atoms with Crippen LogP contribution in [0.2, 0.25) is 0 Å². The van der Waals surface area contributed by atoms with Crippen molar-refractivity contribution in [2.24, 2.45) is 0 Å². The summed E-state index contributed by atoms with van der Waals surface area (Å²) < 4.78 is 0. The van der Waals surface area contributed by atoms with E-state index in [1.807, 2.05) is 6.20 Å². The molecule has 30 heavy (non-hydrogen) atoms. The Hall–Kier alpha value is -3.19. The van der Waals surface area contributed by atoms with E-state index in [0.717, 1.165) is 5.69 Å². The summed E-state index contributed by atoms with van der Waals surface area (Å²) in [5.41, 5.74) is 15.1. The van der Waals surface area contributed by atoms with E-state index in [4.69, 9.17) is 4.98 Å². The van der Waals surface area contributed by atoms with Crippen LogP contribution in [0, 0.1) is 41.5 Å². The average molecular weight is 392 g/mol. The zero-order valence-corrected chi connectivity index (χ0v) is 18.8. The Morgan fingerprint density at radius 3 is 1.80 bits per heavy atom. The predicted molar refractivity (Wildman–Crippen MR) is 129 cm³/mol. The molecule has 0 N–H and O–H groups in total. The Labute approximate surface area is 180 Å². The lowest BCUT2D eigenvalue weighted by molar-refractivity contribution is 1.24. The minimum atomic E-state index is 1.03. The summed E-state index contributed by atoms with van der Waals surface area (Å²) in [6, 6.07) is 22.0. The third-order valence-corrected chi connectivity index (χ3v) is 6.14. The number of benzene rings is 3. The molecule has 0 amide bonds. The van der Waals surface area contributed by atoms with Gasteiger partial charge in [-0.1, -0.05) is 48.5 Å². The van der Waals surface area contributed by atoms with Crippen molar-refractivity contribution in [2.75, 3.05) is 0 Å². The molecule has 1 aromatic heterocycles. The first-order valence-electron chi connectivity index (χ1n) is 10.6. The third-order valence-electron chi connectivity index (χ3n) is 6.14. The van der Waals surface area contributed by atoms with Crippen LogP contribution in [0.4, 0.5) is 0 Å². The molecule has 0 fully saturated rings. The van der Waals surface area contributed by atoms with Crippen LogP contribution in [-0.4, -0.2) is 4.98 Å². The first-order chi connectivity index (χ1) is 14.4. The normalized spacial score (nSPS) is 11.0. The van der Waals surface area contributed by atoms with Crippen molar-refractivity contribution in [3.05, 3.63) is 100 Å². The smallest absolute Gasteiger partial charge is 0.0711 e. The minimum absolute atomic E-state index is 1.03. The largest absolute Gasteiger partial charge is 0.256 e. The fourth-order valence-corrected chi connectivity index (χ4v) is 4.47. The maximum atomic E-state index is 4.84. The van der Waals surface area contributed by atoms with Crippen LogP contribution in [0.25, 0.3) is 33.5 Å². The van der Waals surface area contributed by atoms with Crippen molar-refractivity contribution in [1.29, 1.82) is 0 Å². The molecule has 1 heteroatoms. The number of hydrogen-bond acceptors (Lipinski definition) is 1. The Morgan fingerprint density at radius 1 is 0.467 bits per heavy atom. The second kappa shape index (κ2) is 7.91. The molecule has 0 unspecified atom stereocenters. The van der Waals surface area contributed by atoms with E-state index < -0.39 is 0 Å². The van der Waals surface area contributed by atoms with E-state index in [0.29, 0.717) is 0 Å². The fourth-order valence-electron chi connectivity index (χ4n) is 4.47. The van der Waals surface area contributed by atoms with Gasteiger partial charge in [0.2, 0.25) is 0 Å². The van der Waals surface area contributed by atoms with Crippen molar-refractivity contribution >= 4 is 0 Å². The fraction of sp³-hybridized carbons (Fsp3) is 0.207. The molecule has 0 aliphatic carbocycles. The van der Waals surface area contributed by atoms with Gasteiger partial charge in [-0.25, -0.2) is 0 Å². The van der Waals surface area contributed by atoms with Gasteiger partial charge in [0.05, 0.1) is 5.69 Å². The first kappa shape index (κ1) is 20.1. The van der Waals surface area contributed by atoms with Crippen molar-refractivity contribution in [2.45, 2.75) is 41.5 Å². The number of hydrogen-bond donors (Lipinski definition) is 0. The van der Waals surface area contributed by atoms with Crippen LogP contribution < -0.4 is 0 Å². The van der Waals surface area contributed by atoms with Gasteiger partial charge in [-0.15, -0.1) is 0 Å². The third kappa shape index (κ3) is 3.57. The summed E-state index contributed by atoms with van der Waals surface area (Å²) in [7, 11) is 0. The molecule has 1 heterocycles. The average Bonchev–Trinajstić information content (AvgIpc) is 2.70. The molecular formula is C29H29N. The van der Waals surface area contributed by atoms with Gasteiger partial charge in [-0.2, -0.15) is 0 Å². The molecule has 0 saturated heterocycles. The Bertz CT molecular complexity index is 1230. The molecule has 4 rings (SSSR count). The molecule has 0 radical (unpaired) electrons. The van der Waals surface area contributed by atoms with Crippen LogP contribution in [0.5, 0.6) is 0 Å². The van der Waals surface area contributed by atoms with Crippen molar-refractivity contribution in [3.8, 4) is 33.5 Å². The summed E-state index contributed by atoms with van der Waals surface area (Å²) in [4.78, 5) is 4.84. The van der Waals surface area contributed by atoms with Crippen LogP contribution >= 0.6 is 0 Å². The Kier molecular flexibility index (Phi) is 5.30. The monoisotopic (exact) mass is 391 g/mol. The SMILES string of the molecule is Cc1cc(C)c(-c2ccccc2C)cc1-c1cc(-c2c(C)cccc2C)c(C)cn1. The van der Waals surface area contributed by atoms with Gasteiger partial charge in [0.25, 0.3) is 0 Å². The molecule has 0 saturated carbocycles. The molecule has 0 atom stereocenters. The Balaban J connectivity index is 1.92. The molecular weight excluding hydrogens is 362 g/mol. The molecule has 150 valence electrons. The quantitative estimate of drug-likeness (QED) is 0.345. The Morgan fingerprint density at radius 2 is 1.10 bits per heavy atom. The molecule has 0 aliphatic heterocycles. The van der Waals surface area contributed by atoms with E-state index in [-0.39, 0.29) is 0 Å². The maximum absolute atomic E-state index is 4.84. The highest BCUT2D eigenvalue weighted by molar-refractivity contribution is 5.81. The first-order valence-corrected chi connectivity index (χ1v) is 10.6. The zero-order chi connectivity index (χ0) is 21.4. The van der Waals surface area contributed by atoms with E-state index in [1.54, 1.807) is 0 Å². The number of aromatic nitrogens is 1. The maximum Gasteiger partial charge on any atom is 0.0711 e. The lowest BCUT2D eigenvalue weighted by atomic mass is 9.89. The lowest BCUT2D eigenvalue weighted by Crippen LogP contribution is -1.96. The molecule has 0 spiro atoms. The number of nitrogens with zero attached hydrogens (tertiary/aromatic N) is 1. The van der Waals surface area contributed by atoms with Gasteiger partial charge in [0, 0.05) is 11.8 Å². The zero-order valence-electron chi connectivity index (χ0n) is 18.8. The number of aryl methyl sites for hydroxylation is 6. The van der Waals surface area contributed by atoms with E-state index in [9.17, 15) is 0 Å². The lowest BCUT2D eigenvalue weighted by Gasteiger charge is -2.17. The van der Waals surface area contributed by atoms with Gasteiger partial charge in [0.15, 0.2) is 0 Å². The highest BCUT2D eigenvalue weighted by atomic mass is 14.7. The van der Waals surface area contributed by atoms with Crippen LogP contribution in [0.1, 0.15) is 33.4 Å². The van der Waals surface area contributed by atoms with Gasteiger partial charge >= 0.3 is 0 Å². The predicted octanol–water partition coefficient (Wildman–Crippen LogP) is 7.93. The highest BCUT2D eigenvalue weighted by Crippen LogP contribution is 2.36. The summed E-state index contributed by atoms with van der Waals surface area (Å²) in [6.07, 6.45) is 2.02. The van der Waals surface area contributed by atoms with Crippen LogP contribution in [0.15, 0.2) is 66.9 Å². The van der Waals surface area contributed by atoms with Gasteiger partial charge in [-0.05, 0) is 109 Å². The molecule has 0 aliphatic rings. The van der Waals surface area contributed by atoms with Crippen LogP contribution in [0.3, 0.4) is 0 Å². The summed E-state index contributed by atoms with van der Waals surface area (Å²) in [6.45, 7) is 13.1. The molecule has 1 nitrogen and oxygen atoms in total. The molecule has 0 bridgehead atoms. The van der Waals surface area contributed by atoms with Crippen molar-refractivity contribution < 1.29 is 0 Å². The van der Waals surface area contributed by atoms with Crippen LogP contribution in [-0.2, 0) is 0 Å². The summed E-state index contributed by atoms with van der Waals surface area (Å²) in [5, 5.41) is 0. The molecule has 4 aromatic rings. The molecule has 3 aromatic carbocycles. The highest BCUT2D eigenvalue weighted by Gasteiger charge is 2.14. The topological polar surface area (TPSA) is 12.9 Å². The van der Waals surface area contributed by atoms with E-state index in [1.165, 1.54) is 61.2 Å². The number of pyridine rings is 1. The summed E-state index contributed by atoms with van der Waals surface area (Å²) >= 11 is 0. The standard InChI is InChI=1S/C29H29N/c1-18-10-7-8-13-24(18)25-15-26(22(5)14-21(25)4)28-16-27(23(6)17-30-28)29-19(2)11-9-12-20(29)3/h7-17H,1-6H3. The van der Waals surface area contributed by atoms with Gasteiger partial charge in [-0.3, -0.25) is 4.98 Å². The minimum Gasteiger partial charge on any atom is -0.256 e.